The molecule has 3 heterocycles. The molecular weight excluding hydrogens is 523 g/mol. The van der Waals surface area contributed by atoms with Gasteiger partial charge in [0.1, 0.15) is 5.82 Å². The number of benzene rings is 1. The van der Waals surface area contributed by atoms with Crippen LogP contribution in [0.2, 0.25) is 0 Å². The maximum atomic E-state index is 13.7. The molecule has 1 aromatic carbocycles. The molecule has 4 rings (SSSR count). The van der Waals surface area contributed by atoms with E-state index in [0.717, 1.165) is 4.57 Å². The van der Waals surface area contributed by atoms with Crippen LogP contribution >= 0.6 is 28.6 Å². The Hall–Kier alpha value is -3.38. The molecule has 33 heavy (non-hydrogen) atoms. The van der Waals surface area contributed by atoms with Gasteiger partial charge in [-0.25, -0.2) is 18.4 Å². The summed E-state index contributed by atoms with van der Waals surface area (Å²) in [5.74, 6) is -2.45. The Morgan fingerprint density at radius 3 is 2.91 bits per heavy atom. The summed E-state index contributed by atoms with van der Waals surface area (Å²) in [4.78, 5) is 25.7. The molecule has 0 saturated carbocycles. The lowest BCUT2D eigenvalue weighted by atomic mass is 9.94. The van der Waals surface area contributed by atoms with Crippen LogP contribution in [0.25, 0.3) is 17.2 Å². The Bertz CT molecular complexity index is 1290. The number of rotatable bonds is 7. The molecular formula is C18H16BrFN8O4S. The van der Waals surface area contributed by atoms with E-state index in [9.17, 15) is 19.2 Å². The Kier molecular flexibility index (Phi) is 6.38. The van der Waals surface area contributed by atoms with Gasteiger partial charge in [-0.05, 0) is 50.9 Å². The smallest absolute Gasteiger partial charge is 0.369 e. The zero-order chi connectivity index (χ0) is 23.7. The van der Waals surface area contributed by atoms with Crippen LogP contribution in [0.3, 0.4) is 0 Å². The fourth-order valence-corrected chi connectivity index (χ4v) is 4.57. The number of hydrogen-bond acceptors (Lipinski definition) is 11. The number of nitrogens with two attached hydrogens (primary N) is 1. The minimum absolute atomic E-state index is 0.0388. The summed E-state index contributed by atoms with van der Waals surface area (Å²) in [5, 5.41) is 24.0. The predicted molar refractivity (Wildman–Crippen MR) is 118 cm³/mol. The van der Waals surface area contributed by atoms with Crippen molar-refractivity contribution in [3.8, 4) is 23.4 Å². The maximum absolute atomic E-state index is 13.7. The maximum Gasteiger partial charge on any atom is 0.446 e. The van der Waals surface area contributed by atoms with Crippen LogP contribution in [-0.4, -0.2) is 55.2 Å². The van der Waals surface area contributed by atoms with Gasteiger partial charge in [0, 0.05) is 12.3 Å². The largest absolute Gasteiger partial charge is 0.446 e. The van der Waals surface area contributed by atoms with Crippen molar-refractivity contribution in [3.63, 3.8) is 0 Å². The summed E-state index contributed by atoms with van der Waals surface area (Å²) in [6, 6.07) is 2.89. The summed E-state index contributed by atoms with van der Waals surface area (Å²) in [7, 11) is 0. The number of likely N-dealkylation sites (tertiary alicyclic amines) is 1. The monoisotopic (exact) mass is 538 g/mol. The fraction of sp³-hybridized carbons (Fsp3) is 0.333. The second kappa shape index (κ2) is 9.24. The number of carbonyl (C=O) groups excluding carboxylic acids is 1. The van der Waals surface area contributed by atoms with Crippen molar-refractivity contribution in [1.82, 2.24) is 24.9 Å². The van der Waals surface area contributed by atoms with Gasteiger partial charge in [-0.3, -0.25) is 9.32 Å². The number of carbonyl (C=O) groups is 1. The van der Waals surface area contributed by atoms with Crippen molar-refractivity contribution >= 4 is 40.3 Å². The first-order chi connectivity index (χ1) is 15.8. The second-order valence-electron chi connectivity index (χ2n) is 7.18. The number of hydrogen-bond donors (Lipinski definition) is 3. The Morgan fingerprint density at radius 2 is 2.24 bits per heavy atom. The van der Waals surface area contributed by atoms with Gasteiger partial charge in [-0.1, -0.05) is 5.16 Å². The average Bonchev–Trinajstić information content (AvgIpc) is 3.50. The van der Waals surface area contributed by atoms with Gasteiger partial charge in [0.05, 0.1) is 28.2 Å². The fourth-order valence-electron chi connectivity index (χ4n) is 3.81. The third-order valence-corrected chi connectivity index (χ3v) is 6.35. The SMILES string of the molecule is N#CN1CCC(Nc2nonc2-c2noc(=O)n2-c2ccc(F)c(Br)c2)C1C(CS)C(N)=O. The van der Waals surface area contributed by atoms with Crippen molar-refractivity contribution < 1.29 is 18.3 Å². The number of nitrogens with one attached hydrogen (secondary N) is 1. The molecule has 0 aliphatic carbocycles. The molecule has 172 valence electrons. The quantitative estimate of drug-likeness (QED) is 0.292. The minimum atomic E-state index is -0.837. The number of nitrogens with zero attached hydrogens (tertiary/aromatic N) is 6. The van der Waals surface area contributed by atoms with E-state index >= 15 is 0 Å². The summed E-state index contributed by atoms with van der Waals surface area (Å²) in [6.45, 7) is 0.384. The van der Waals surface area contributed by atoms with Crippen LogP contribution in [0.1, 0.15) is 6.42 Å². The third-order valence-electron chi connectivity index (χ3n) is 5.34. The van der Waals surface area contributed by atoms with E-state index in [1.807, 2.05) is 0 Å². The van der Waals surface area contributed by atoms with Gasteiger partial charge >= 0.3 is 5.76 Å². The van der Waals surface area contributed by atoms with E-state index in [1.165, 1.54) is 23.1 Å². The molecule has 0 radical (unpaired) electrons. The molecule has 1 amide bonds. The number of halogens is 2. The summed E-state index contributed by atoms with van der Waals surface area (Å²) in [6.07, 6.45) is 2.55. The van der Waals surface area contributed by atoms with Crippen LogP contribution in [0.15, 0.2) is 36.6 Å². The molecule has 2 aromatic heterocycles. The molecule has 3 atom stereocenters. The van der Waals surface area contributed by atoms with Crippen molar-refractivity contribution in [2.24, 2.45) is 11.7 Å². The van der Waals surface area contributed by atoms with Crippen LogP contribution in [-0.2, 0) is 4.79 Å². The molecule has 1 aliphatic heterocycles. The lowest BCUT2D eigenvalue weighted by Crippen LogP contribution is -2.48. The van der Waals surface area contributed by atoms with Gasteiger partial charge in [0.25, 0.3) is 0 Å². The van der Waals surface area contributed by atoms with E-state index in [-0.39, 0.29) is 33.2 Å². The van der Waals surface area contributed by atoms with Crippen LogP contribution in [0.5, 0.6) is 0 Å². The highest BCUT2D eigenvalue weighted by atomic mass is 79.9. The van der Waals surface area contributed by atoms with Crippen molar-refractivity contribution in [1.29, 1.82) is 5.26 Å². The molecule has 0 spiro atoms. The number of nitriles is 1. The van der Waals surface area contributed by atoms with E-state index in [4.69, 9.17) is 14.9 Å². The summed E-state index contributed by atoms with van der Waals surface area (Å²) < 4.78 is 24.5. The van der Waals surface area contributed by atoms with Crippen LogP contribution < -0.4 is 16.8 Å². The van der Waals surface area contributed by atoms with Crippen LogP contribution in [0.4, 0.5) is 10.2 Å². The number of primary amides is 1. The summed E-state index contributed by atoms with van der Waals surface area (Å²) in [5.41, 5.74) is 5.82. The molecule has 1 aliphatic rings. The number of aromatic nitrogens is 4. The Labute approximate surface area is 199 Å². The molecule has 1 fully saturated rings. The molecule has 3 aromatic rings. The van der Waals surface area contributed by atoms with Gasteiger partial charge in [0.2, 0.25) is 17.5 Å². The van der Waals surface area contributed by atoms with E-state index in [1.54, 1.807) is 0 Å². The first-order valence-electron chi connectivity index (χ1n) is 9.55. The zero-order valence-electron chi connectivity index (χ0n) is 16.7. The zero-order valence-corrected chi connectivity index (χ0v) is 19.2. The highest BCUT2D eigenvalue weighted by Crippen LogP contribution is 2.31. The normalized spacial score (nSPS) is 18.8. The molecule has 1 saturated heterocycles. The molecule has 3 N–H and O–H groups in total. The number of thiol groups is 1. The van der Waals surface area contributed by atoms with Gasteiger partial charge in [-0.15, -0.1) is 0 Å². The van der Waals surface area contributed by atoms with Gasteiger partial charge in [-0.2, -0.15) is 17.9 Å². The molecule has 3 unspecified atom stereocenters. The third kappa shape index (κ3) is 4.18. The number of anilines is 1. The first kappa shape index (κ1) is 22.8. The highest BCUT2D eigenvalue weighted by Gasteiger charge is 2.42. The van der Waals surface area contributed by atoms with Crippen molar-refractivity contribution in [3.05, 3.63) is 39.0 Å². The number of amides is 1. The van der Waals surface area contributed by atoms with E-state index in [2.05, 4.69) is 55.5 Å². The van der Waals surface area contributed by atoms with Crippen LogP contribution in [0, 0.1) is 23.2 Å². The van der Waals surface area contributed by atoms with E-state index in [0.29, 0.717) is 13.0 Å². The van der Waals surface area contributed by atoms with Crippen molar-refractivity contribution in [2.45, 2.75) is 18.5 Å². The average molecular weight is 539 g/mol. The second-order valence-corrected chi connectivity index (χ2v) is 8.40. The van der Waals surface area contributed by atoms with Gasteiger partial charge in [0.15, 0.2) is 11.9 Å². The Morgan fingerprint density at radius 1 is 1.45 bits per heavy atom. The summed E-state index contributed by atoms with van der Waals surface area (Å²) >= 11 is 7.29. The van der Waals surface area contributed by atoms with Gasteiger partial charge < -0.3 is 16.0 Å². The minimum Gasteiger partial charge on any atom is -0.369 e. The standard InChI is InChI=1S/C18H16BrFN8O4S/c19-10-5-8(1-2-11(10)20)28-17(26-31-18(28)30)13-16(25-32-24-13)23-12-3-4-27(7-21)14(12)9(6-33)15(22)29/h1-2,5,9,12,14,33H,3-4,6H2,(H2,22,29)(H,23,25). The lowest BCUT2D eigenvalue weighted by Gasteiger charge is -2.29. The van der Waals surface area contributed by atoms with Crippen molar-refractivity contribution in [2.75, 3.05) is 17.6 Å². The first-order valence-corrected chi connectivity index (χ1v) is 11.0. The molecule has 12 nitrogen and oxygen atoms in total. The molecule has 0 bridgehead atoms. The molecule has 15 heteroatoms. The highest BCUT2D eigenvalue weighted by molar-refractivity contribution is 9.10. The van der Waals surface area contributed by atoms with E-state index < -0.39 is 35.5 Å². The Balaban J connectivity index is 1.70. The topological polar surface area (TPSA) is 169 Å². The lowest BCUT2D eigenvalue weighted by molar-refractivity contribution is -0.122. The predicted octanol–water partition coefficient (Wildman–Crippen LogP) is 1.14.